The number of amides is 1. The van der Waals surface area contributed by atoms with Crippen molar-refractivity contribution < 1.29 is 24.6 Å². The van der Waals surface area contributed by atoms with Crippen LogP contribution in [0, 0.1) is 0 Å². The molecule has 0 unspecified atom stereocenters. The van der Waals surface area contributed by atoms with Crippen molar-refractivity contribution in [2.24, 2.45) is 0 Å². The number of carbonyl (C=O) groups is 3. The van der Waals surface area contributed by atoms with E-state index in [0.29, 0.717) is 15.6 Å². The van der Waals surface area contributed by atoms with E-state index in [1.807, 2.05) is 0 Å². The summed E-state index contributed by atoms with van der Waals surface area (Å²) in [6.07, 6.45) is 4.58. The van der Waals surface area contributed by atoms with Gasteiger partial charge in [0.05, 0.1) is 4.91 Å². The van der Waals surface area contributed by atoms with Crippen molar-refractivity contribution in [1.82, 2.24) is 4.90 Å². The fraction of sp³-hybridized carbons (Fsp3) is 0.176. The molecule has 1 heterocycles. The monoisotopic (exact) mass is 377 g/mol. The van der Waals surface area contributed by atoms with Crippen LogP contribution >= 0.6 is 24.0 Å². The minimum Gasteiger partial charge on any atom is -0.481 e. The number of carboxylic acid groups (broad SMARTS) is 2. The molecule has 0 aliphatic carbocycles. The van der Waals surface area contributed by atoms with E-state index in [4.69, 9.17) is 22.4 Å². The average Bonchev–Trinajstić information content (AvgIpc) is 2.81. The second-order valence-corrected chi connectivity index (χ2v) is 6.84. The number of nitrogens with zero attached hydrogens (tertiary/aromatic N) is 1. The van der Waals surface area contributed by atoms with E-state index in [0.717, 1.165) is 17.2 Å². The van der Waals surface area contributed by atoms with Gasteiger partial charge in [-0.25, -0.2) is 4.79 Å². The van der Waals surface area contributed by atoms with E-state index >= 15 is 0 Å². The van der Waals surface area contributed by atoms with Crippen molar-refractivity contribution in [2.45, 2.75) is 12.8 Å². The largest absolute Gasteiger partial charge is 0.481 e. The number of carbonyl (C=O) groups excluding carboxylic acids is 1. The number of hydrogen-bond donors (Lipinski definition) is 2. The van der Waals surface area contributed by atoms with Crippen LogP contribution in [-0.2, 0) is 14.4 Å². The molecule has 0 spiro atoms. The van der Waals surface area contributed by atoms with E-state index in [9.17, 15) is 14.4 Å². The summed E-state index contributed by atoms with van der Waals surface area (Å²) in [6.45, 7) is 0.285. The molecule has 1 fully saturated rings. The Morgan fingerprint density at radius 2 is 1.80 bits per heavy atom. The zero-order valence-corrected chi connectivity index (χ0v) is 14.7. The first-order valence-electron chi connectivity index (χ1n) is 7.35. The Bertz CT molecular complexity index is 768. The fourth-order valence-corrected chi connectivity index (χ4v) is 3.41. The molecule has 0 radical (unpaired) electrons. The maximum absolute atomic E-state index is 12.4. The third-order valence-corrected chi connectivity index (χ3v) is 4.68. The molecule has 0 bridgehead atoms. The molecule has 1 aromatic carbocycles. The zero-order chi connectivity index (χ0) is 18.4. The van der Waals surface area contributed by atoms with E-state index in [2.05, 4.69) is 0 Å². The van der Waals surface area contributed by atoms with Crippen molar-refractivity contribution in [3.8, 4) is 0 Å². The summed E-state index contributed by atoms with van der Waals surface area (Å²) in [5.74, 6) is -2.15. The summed E-state index contributed by atoms with van der Waals surface area (Å²) < 4.78 is 0.419. The highest BCUT2D eigenvalue weighted by Gasteiger charge is 2.31. The molecule has 2 rings (SSSR count). The van der Waals surface area contributed by atoms with Crippen LogP contribution in [0.4, 0.5) is 0 Å². The lowest BCUT2D eigenvalue weighted by Gasteiger charge is -2.13. The minimum atomic E-state index is -1.02. The summed E-state index contributed by atoms with van der Waals surface area (Å²) in [5.41, 5.74) is 1.53. The van der Waals surface area contributed by atoms with Gasteiger partial charge < -0.3 is 10.2 Å². The molecule has 1 aliphatic rings. The van der Waals surface area contributed by atoms with Crippen LogP contribution in [-0.4, -0.2) is 43.8 Å². The molecule has 8 heteroatoms. The fourth-order valence-electron chi connectivity index (χ4n) is 2.10. The average molecular weight is 377 g/mol. The Kier molecular flexibility index (Phi) is 6.49. The van der Waals surface area contributed by atoms with Crippen molar-refractivity contribution in [3.63, 3.8) is 0 Å². The quantitative estimate of drug-likeness (QED) is 0.557. The SMILES string of the molecule is O=C(O)/C=C/c1ccc(/C=C2\SC(=S)N(CCCC(=O)O)C2=O)cc1. The first-order valence-corrected chi connectivity index (χ1v) is 8.57. The van der Waals surface area contributed by atoms with Gasteiger partial charge in [-0.05, 0) is 29.7 Å². The lowest BCUT2D eigenvalue weighted by atomic mass is 10.1. The van der Waals surface area contributed by atoms with Crippen LogP contribution in [0.3, 0.4) is 0 Å². The highest BCUT2D eigenvalue weighted by atomic mass is 32.2. The van der Waals surface area contributed by atoms with Crippen molar-refractivity contribution in [2.75, 3.05) is 6.54 Å². The van der Waals surface area contributed by atoms with E-state index in [1.165, 1.54) is 22.7 Å². The van der Waals surface area contributed by atoms with Gasteiger partial charge in [-0.1, -0.05) is 48.2 Å². The Balaban J connectivity index is 2.05. The van der Waals surface area contributed by atoms with Gasteiger partial charge in [0, 0.05) is 19.0 Å². The van der Waals surface area contributed by atoms with Gasteiger partial charge in [-0.3, -0.25) is 14.5 Å². The number of thioether (sulfide) groups is 1. The molecule has 1 aromatic rings. The van der Waals surface area contributed by atoms with Crippen LogP contribution in [0.25, 0.3) is 12.2 Å². The third-order valence-electron chi connectivity index (χ3n) is 3.30. The van der Waals surface area contributed by atoms with Gasteiger partial charge in [0.2, 0.25) is 0 Å². The number of aliphatic carboxylic acids is 2. The predicted molar refractivity (Wildman–Crippen MR) is 99.9 cm³/mol. The van der Waals surface area contributed by atoms with Crippen molar-refractivity contribution in [3.05, 3.63) is 46.4 Å². The molecule has 2 N–H and O–H groups in total. The minimum absolute atomic E-state index is 0.0125. The summed E-state index contributed by atoms with van der Waals surface area (Å²) >= 11 is 6.37. The zero-order valence-electron chi connectivity index (χ0n) is 13.0. The molecule has 1 aliphatic heterocycles. The number of hydrogen-bond acceptors (Lipinski definition) is 5. The van der Waals surface area contributed by atoms with E-state index in [1.54, 1.807) is 30.3 Å². The molecule has 0 aromatic heterocycles. The van der Waals surface area contributed by atoms with Crippen LogP contribution in [0.2, 0.25) is 0 Å². The maximum Gasteiger partial charge on any atom is 0.328 e. The Labute approximate surface area is 153 Å². The number of benzene rings is 1. The number of rotatable bonds is 7. The van der Waals surface area contributed by atoms with Gasteiger partial charge in [0.15, 0.2) is 0 Å². The molecule has 0 saturated carbocycles. The molecule has 130 valence electrons. The van der Waals surface area contributed by atoms with Gasteiger partial charge in [-0.15, -0.1) is 0 Å². The maximum atomic E-state index is 12.4. The van der Waals surface area contributed by atoms with Crippen LogP contribution < -0.4 is 0 Å². The first kappa shape index (κ1) is 18.9. The third kappa shape index (κ3) is 5.54. The molecular weight excluding hydrogens is 362 g/mol. The van der Waals surface area contributed by atoms with Gasteiger partial charge in [0.1, 0.15) is 4.32 Å². The second-order valence-electron chi connectivity index (χ2n) is 5.17. The van der Waals surface area contributed by atoms with E-state index in [-0.39, 0.29) is 18.9 Å². The summed E-state index contributed by atoms with van der Waals surface area (Å²) in [6, 6.07) is 7.05. The van der Waals surface area contributed by atoms with E-state index < -0.39 is 11.9 Å². The molecule has 6 nitrogen and oxygen atoms in total. The van der Waals surface area contributed by atoms with Crippen LogP contribution in [0.15, 0.2) is 35.2 Å². The summed E-state index contributed by atoms with van der Waals surface area (Å²) in [5, 5.41) is 17.3. The molecule has 1 saturated heterocycles. The predicted octanol–water partition coefficient (Wildman–Crippen LogP) is 2.85. The highest BCUT2D eigenvalue weighted by molar-refractivity contribution is 8.26. The summed E-state index contributed by atoms with van der Waals surface area (Å²) in [7, 11) is 0. The molecule has 1 amide bonds. The lowest BCUT2D eigenvalue weighted by Crippen LogP contribution is -2.29. The lowest BCUT2D eigenvalue weighted by molar-refractivity contribution is -0.137. The van der Waals surface area contributed by atoms with Gasteiger partial charge >= 0.3 is 11.9 Å². The standard InChI is InChI=1S/C17H15NO5S2/c19-14(20)2-1-9-18-16(23)13(25-17(18)24)10-12-5-3-11(4-6-12)7-8-15(21)22/h3-8,10H,1-2,9H2,(H,19,20)(H,21,22)/b8-7+,13-10-. The highest BCUT2D eigenvalue weighted by Crippen LogP contribution is 2.32. The second kappa shape index (κ2) is 8.59. The van der Waals surface area contributed by atoms with Crippen molar-refractivity contribution in [1.29, 1.82) is 0 Å². The first-order chi connectivity index (χ1) is 11.9. The van der Waals surface area contributed by atoms with Crippen molar-refractivity contribution >= 4 is 58.3 Å². The topological polar surface area (TPSA) is 94.9 Å². The Morgan fingerprint density at radius 1 is 1.16 bits per heavy atom. The number of carboxylic acids is 2. The van der Waals surface area contributed by atoms with Gasteiger partial charge in [0.25, 0.3) is 5.91 Å². The smallest absolute Gasteiger partial charge is 0.328 e. The number of thiocarbonyl (C=S) groups is 1. The van der Waals surface area contributed by atoms with Crippen LogP contribution in [0.5, 0.6) is 0 Å². The van der Waals surface area contributed by atoms with Crippen LogP contribution in [0.1, 0.15) is 24.0 Å². The summed E-state index contributed by atoms with van der Waals surface area (Å²) in [4.78, 5) is 35.3. The molecule has 0 atom stereocenters. The molecular formula is C17H15NO5S2. The molecule has 25 heavy (non-hydrogen) atoms. The Hall–Kier alpha value is -2.45. The normalized spacial score (nSPS) is 16.2. The Morgan fingerprint density at radius 3 is 2.40 bits per heavy atom. The van der Waals surface area contributed by atoms with Gasteiger partial charge in [-0.2, -0.15) is 0 Å².